The summed E-state index contributed by atoms with van der Waals surface area (Å²) in [4.78, 5) is 40.1. The Kier molecular flexibility index (Phi) is 9.46. The fourth-order valence-corrected chi connectivity index (χ4v) is 6.24. The van der Waals surface area contributed by atoms with Crippen LogP contribution in [0.25, 0.3) is 16.8 Å². The number of carbonyl (C=O) groups excluding carboxylic acids is 3. The van der Waals surface area contributed by atoms with Crippen LogP contribution in [0.15, 0.2) is 103 Å². The minimum absolute atomic E-state index is 0.207. The van der Waals surface area contributed by atoms with E-state index in [0.717, 1.165) is 35.9 Å². The van der Waals surface area contributed by atoms with E-state index in [1.807, 2.05) is 37.3 Å². The molecule has 10 heteroatoms. The molecule has 8 nitrogen and oxygen atoms in total. The number of anilines is 1. The first-order valence-corrected chi connectivity index (χ1v) is 16.0. The molecule has 1 fully saturated rings. The van der Waals surface area contributed by atoms with Gasteiger partial charge in [0.1, 0.15) is 24.5 Å². The lowest BCUT2D eigenvalue weighted by Crippen LogP contribution is -2.54. The Balaban J connectivity index is 1.22. The van der Waals surface area contributed by atoms with E-state index in [1.165, 1.54) is 13.2 Å². The largest absolute Gasteiger partial charge is 0.493 e. The molecule has 1 aliphatic heterocycles. The van der Waals surface area contributed by atoms with Gasteiger partial charge in [0.25, 0.3) is 11.8 Å². The van der Waals surface area contributed by atoms with Crippen LogP contribution >= 0.6 is 34.2 Å². The number of carbonyl (C=O) groups is 3. The van der Waals surface area contributed by atoms with Gasteiger partial charge in [0, 0.05) is 16.1 Å². The Labute approximate surface area is 290 Å². The highest BCUT2D eigenvalue weighted by atomic mass is 127. The second kappa shape index (κ2) is 13.9. The zero-order valence-electron chi connectivity index (χ0n) is 25.4. The molecular weight excluding hydrogens is 731 g/mol. The second-order valence-electron chi connectivity index (χ2n) is 10.7. The van der Waals surface area contributed by atoms with Gasteiger partial charge in [-0.3, -0.25) is 14.9 Å². The number of amides is 4. The number of methoxy groups -OCH3 is 1. The molecule has 0 bridgehead atoms. The van der Waals surface area contributed by atoms with Crippen molar-refractivity contribution in [2.75, 3.05) is 12.0 Å². The van der Waals surface area contributed by atoms with Gasteiger partial charge in [0.15, 0.2) is 11.5 Å². The van der Waals surface area contributed by atoms with E-state index < -0.39 is 17.8 Å². The van der Waals surface area contributed by atoms with Crippen LogP contribution in [-0.4, -0.2) is 25.0 Å². The lowest BCUT2D eigenvalue weighted by atomic mass is 10.0. The number of hydrogen-bond acceptors (Lipinski definition) is 6. The molecule has 0 aromatic heterocycles. The topological polar surface area (TPSA) is 94.2 Å². The molecule has 0 unspecified atom stereocenters. The minimum Gasteiger partial charge on any atom is -0.493 e. The van der Waals surface area contributed by atoms with Crippen molar-refractivity contribution in [2.45, 2.75) is 20.1 Å². The smallest absolute Gasteiger partial charge is 0.335 e. The number of rotatable bonds is 9. The molecule has 0 aliphatic carbocycles. The van der Waals surface area contributed by atoms with Crippen LogP contribution in [0.1, 0.15) is 22.3 Å². The third kappa shape index (κ3) is 6.81. The number of aryl methyl sites for hydroxylation is 1. The van der Waals surface area contributed by atoms with E-state index in [9.17, 15) is 14.4 Å². The van der Waals surface area contributed by atoms with Crippen molar-refractivity contribution in [3.8, 4) is 17.2 Å². The summed E-state index contributed by atoms with van der Waals surface area (Å²) in [5, 5.41) is 5.10. The molecular formula is C37H28ClIN2O6. The molecule has 1 saturated heterocycles. The SMILES string of the molecule is COc1cc(/C=C2\C(=O)NC(=O)N(c3ccc(OCc4ccccc4Cl)cc3)C2=O)cc(I)c1OCc1c(C)ccc2ccccc12. The molecule has 47 heavy (non-hydrogen) atoms. The minimum atomic E-state index is -0.846. The molecule has 1 aliphatic rings. The van der Waals surface area contributed by atoms with Crippen molar-refractivity contribution in [2.24, 2.45) is 0 Å². The van der Waals surface area contributed by atoms with Crippen LogP contribution in [0.5, 0.6) is 17.2 Å². The Morgan fingerprint density at radius 1 is 0.872 bits per heavy atom. The van der Waals surface area contributed by atoms with Crippen molar-refractivity contribution in [1.29, 1.82) is 0 Å². The first-order chi connectivity index (χ1) is 22.7. The van der Waals surface area contributed by atoms with E-state index in [2.05, 4.69) is 52.2 Å². The van der Waals surface area contributed by atoms with Gasteiger partial charge in [-0.1, -0.05) is 66.2 Å². The lowest BCUT2D eigenvalue weighted by Gasteiger charge is -2.26. The predicted octanol–water partition coefficient (Wildman–Crippen LogP) is 8.24. The summed E-state index contributed by atoms with van der Waals surface area (Å²) in [6, 6.07) is 28.7. The van der Waals surface area contributed by atoms with Crippen molar-refractivity contribution < 1.29 is 28.6 Å². The standard InChI is InChI=1S/C37H28ClIN2O6/c1-22-11-12-24-7-3-5-9-28(24)30(22)21-47-34-32(39)18-23(19-33(34)45-2)17-29-35(42)40-37(44)41(36(29)43)26-13-15-27(16-14-26)46-20-25-8-4-6-10-31(25)38/h3-19H,20-21H2,1-2H3,(H,40,42,44)/b29-17+. The third-order valence-corrected chi connectivity index (χ3v) is 8.92. The Morgan fingerprint density at radius 2 is 1.62 bits per heavy atom. The van der Waals surface area contributed by atoms with Gasteiger partial charge < -0.3 is 14.2 Å². The molecule has 5 aromatic carbocycles. The number of fused-ring (bicyclic) bond motifs is 1. The monoisotopic (exact) mass is 758 g/mol. The number of barbiturate groups is 1. The Hall–Kier alpha value is -4.87. The molecule has 1 heterocycles. The first-order valence-electron chi connectivity index (χ1n) is 14.6. The van der Waals surface area contributed by atoms with Crippen LogP contribution in [0.2, 0.25) is 5.02 Å². The molecule has 0 saturated carbocycles. The summed E-state index contributed by atoms with van der Waals surface area (Å²) in [6.07, 6.45) is 1.43. The summed E-state index contributed by atoms with van der Waals surface area (Å²) in [5.41, 5.74) is 3.59. The highest BCUT2D eigenvalue weighted by molar-refractivity contribution is 14.1. The van der Waals surface area contributed by atoms with Gasteiger partial charge in [-0.15, -0.1) is 0 Å². The van der Waals surface area contributed by atoms with Gasteiger partial charge in [0.05, 0.1) is 16.4 Å². The quantitative estimate of drug-likeness (QED) is 0.0925. The van der Waals surface area contributed by atoms with E-state index in [0.29, 0.717) is 34.4 Å². The van der Waals surface area contributed by atoms with Crippen molar-refractivity contribution >= 4 is 74.6 Å². The molecule has 236 valence electrons. The normalized spacial score (nSPS) is 14.0. The van der Waals surface area contributed by atoms with Crippen molar-refractivity contribution in [3.05, 3.63) is 133 Å². The Bertz CT molecular complexity index is 2060. The summed E-state index contributed by atoms with van der Waals surface area (Å²) in [5.74, 6) is -0.0628. The molecule has 1 N–H and O–H groups in total. The number of nitrogens with one attached hydrogen (secondary N) is 1. The highest BCUT2D eigenvalue weighted by Crippen LogP contribution is 2.36. The average molecular weight is 759 g/mol. The van der Waals surface area contributed by atoms with Crippen LogP contribution in [0, 0.1) is 10.5 Å². The molecule has 4 amide bonds. The van der Waals surface area contributed by atoms with E-state index >= 15 is 0 Å². The number of ether oxygens (including phenoxy) is 3. The number of benzene rings is 5. The van der Waals surface area contributed by atoms with Gasteiger partial charge in [-0.2, -0.15) is 0 Å². The molecule has 5 aromatic rings. The van der Waals surface area contributed by atoms with Crippen LogP contribution in [-0.2, 0) is 22.8 Å². The zero-order valence-corrected chi connectivity index (χ0v) is 28.3. The molecule has 0 atom stereocenters. The van der Waals surface area contributed by atoms with Crippen LogP contribution in [0.3, 0.4) is 0 Å². The fourth-order valence-electron chi connectivity index (χ4n) is 5.27. The van der Waals surface area contributed by atoms with Gasteiger partial charge >= 0.3 is 6.03 Å². The number of imide groups is 2. The Morgan fingerprint density at radius 3 is 2.38 bits per heavy atom. The first kappa shape index (κ1) is 32.1. The van der Waals surface area contributed by atoms with Crippen LogP contribution in [0.4, 0.5) is 10.5 Å². The van der Waals surface area contributed by atoms with Gasteiger partial charge in [-0.25, -0.2) is 9.69 Å². The van der Waals surface area contributed by atoms with Crippen LogP contribution < -0.4 is 24.4 Å². The summed E-state index contributed by atoms with van der Waals surface area (Å²) in [7, 11) is 1.53. The zero-order chi connectivity index (χ0) is 33.1. The maximum absolute atomic E-state index is 13.6. The lowest BCUT2D eigenvalue weighted by molar-refractivity contribution is -0.122. The highest BCUT2D eigenvalue weighted by Gasteiger charge is 2.37. The summed E-state index contributed by atoms with van der Waals surface area (Å²) in [6.45, 7) is 2.62. The molecule has 0 radical (unpaired) electrons. The van der Waals surface area contributed by atoms with E-state index in [-0.39, 0.29) is 17.9 Å². The molecule has 0 spiro atoms. The fraction of sp³-hybridized carbons (Fsp3) is 0.108. The van der Waals surface area contributed by atoms with Gasteiger partial charge in [-0.05, 0) is 100.0 Å². The predicted molar refractivity (Wildman–Crippen MR) is 190 cm³/mol. The van der Waals surface area contributed by atoms with Gasteiger partial charge in [0.2, 0.25) is 0 Å². The van der Waals surface area contributed by atoms with Crippen molar-refractivity contribution in [1.82, 2.24) is 5.32 Å². The second-order valence-corrected chi connectivity index (χ2v) is 12.3. The van der Waals surface area contributed by atoms with Crippen molar-refractivity contribution in [3.63, 3.8) is 0 Å². The van der Waals surface area contributed by atoms with E-state index in [4.69, 9.17) is 25.8 Å². The average Bonchev–Trinajstić information content (AvgIpc) is 3.06. The summed E-state index contributed by atoms with van der Waals surface area (Å²) < 4.78 is 18.5. The summed E-state index contributed by atoms with van der Waals surface area (Å²) >= 11 is 8.35. The number of hydrogen-bond donors (Lipinski definition) is 1. The third-order valence-electron chi connectivity index (χ3n) is 7.75. The number of nitrogens with zero attached hydrogens (tertiary/aromatic N) is 1. The van der Waals surface area contributed by atoms with E-state index in [1.54, 1.807) is 42.5 Å². The number of halogens is 2. The number of urea groups is 1. The maximum Gasteiger partial charge on any atom is 0.335 e. The maximum atomic E-state index is 13.6. The molecule has 6 rings (SSSR count).